The van der Waals surface area contributed by atoms with Gasteiger partial charge in [0.25, 0.3) is 0 Å². The van der Waals surface area contributed by atoms with E-state index in [0.29, 0.717) is 27.6 Å². The Bertz CT molecular complexity index is 594. The predicted molar refractivity (Wildman–Crippen MR) is 87.8 cm³/mol. The molecule has 2 aromatic rings. The number of hydrogen-bond donors (Lipinski definition) is 1. The van der Waals surface area contributed by atoms with Gasteiger partial charge in [0.05, 0.1) is 24.8 Å². The van der Waals surface area contributed by atoms with E-state index in [2.05, 4.69) is 22.6 Å². The van der Waals surface area contributed by atoms with Gasteiger partial charge in [-0.2, -0.15) is 0 Å². The van der Waals surface area contributed by atoms with E-state index in [1.54, 1.807) is 32.4 Å². The Balaban J connectivity index is 2.51. The molecule has 106 valence electrons. The molecule has 0 aliphatic heterocycles. The summed E-state index contributed by atoms with van der Waals surface area (Å²) in [5, 5.41) is 11.2. The average molecular weight is 405 g/mol. The van der Waals surface area contributed by atoms with Crippen molar-refractivity contribution in [3.8, 4) is 11.5 Å². The van der Waals surface area contributed by atoms with Gasteiger partial charge < -0.3 is 14.6 Å². The van der Waals surface area contributed by atoms with Crippen molar-refractivity contribution in [3.05, 3.63) is 56.1 Å². The third-order valence-corrected chi connectivity index (χ3v) is 4.57. The smallest absolute Gasteiger partial charge is 0.128 e. The molecule has 0 amide bonds. The number of benzene rings is 2. The first kappa shape index (κ1) is 15.4. The summed E-state index contributed by atoms with van der Waals surface area (Å²) in [5.41, 5.74) is 1.29. The van der Waals surface area contributed by atoms with Gasteiger partial charge in [-0.1, -0.05) is 23.7 Å². The van der Waals surface area contributed by atoms with E-state index in [4.69, 9.17) is 21.1 Å². The van der Waals surface area contributed by atoms with Gasteiger partial charge in [0.15, 0.2) is 0 Å². The summed E-state index contributed by atoms with van der Waals surface area (Å²) < 4.78 is 11.6. The highest BCUT2D eigenvalue weighted by atomic mass is 127. The molecule has 2 rings (SSSR count). The zero-order valence-corrected chi connectivity index (χ0v) is 14.0. The molecule has 0 radical (unpaired) electrons. The van der Waals surface area contributed by atoms with E-state index in [1.807, 2.05) is 18.2 Å². The molecule has 0 saturated carbocycles. The van der Waals surface area contributed by atoms with Crippen LogP contribution in [-0.4, -0.2) is 19.3 Å². The van der Waals surface area contributed by atoms with Gasteiger partial charge in [-0.3, -0.25) is 0 Å². The van der Waals surface area contributed by atoms with Crippen LogP contribution in [0, 0.1) is 3.57 Å². The van der Waals surface area contributed by atoms with E-state index < -0.39 is 6.10 Å². The van der Waals surface area contributed by atoms with Gasteiger partial charge in [-0.25, -0.2) is 0 Å². The van der Waals surface area contributed by atoms with Crippen molar-refractivity contribution >= 4 is 34.2 Å². The molecule has 0 heterocycles. The van der Waals surface area contributed by atoms with Crippen molar-refractivity contribution in [2.75, 3.05) is 14.2 Å². The number of rotatable bonds is 4. The molecule has 0 saturated heterocycles. The molecular formula is C15H14ClIO3. The Hall–Kier alpha value is -0.980. The van der Waals surface area contributed by atoms with Gasteiger partial charge in [0.2, 0.25) is 0 Å². The quantitative estimate of drug-likeness (QED) is 0.782. The molecule has 5 heteroatoms. The number of methoxy groups -OCH3 is 2. The van der Waals surface area contributed by atoms with Crippen LogP contribution in [0.4, 0.5) is 0 Å². The summed E-state index contributed by atoms with van der Waals surface area (Å²) in [7, 11) is 3.12. The molecule has 0 spiro atoms. The maximum absolute atomic E-state index is 10.6. The third-order valence-electron chi connectivity index (χ3n) is 3.00. The maximum Gasteiger partial charge on any atom is 0.128 e. The topological polar surface area (TPSA) is 38.7 Å². The number of halogens is 2. The van der Waals surface area contributed by atoms with Gasteiger partial charge >= 0.3 is 0 Å². The van der Waals surface area contributed by atoms with Crippen molar-refractivity contribution in [1.82, 2.24) is 0 Å². The van der Waals surface area contributed by atoms with Crippen LogP contribution in [-0.2, 0) is 0 Å². The molecule has 0 aliphatic rings. The minimum absolute atomic E-state index is 0.575. The zero-order valence-electron chi connectivity index (χ0n) is 11.1. The highest BCUT2D eigenvalue weighted by molar-refractivity contribution is 14.1. The molecule has 0 aromatic heterocycles. The molecular weight excluding hydrogens is 391 g/mol. The highest BCUT2D eigenvalue weighted by Crippen LogP contribution is 2.38. The number of ether oxygens (including phenoxy) is 2. The number of hydrogen-bond acceptors (Lipinski definition) is 3. The van der Waals surface area contributed by atoms with E-state index in [9.17, 15) is 5.11 Å². The first-order chi connectivity index (χ1) is 9.58. The Morgan fingerprint density at radius 2 is 1.70 bits per heavy atom. The highest BCUT2D eigenvalue weighted by Gasteiger charge is 2.20. The van der Waals surface area contributed by atoms with Crippen molar-refractivity contribution in [2.45, 2.75) is 6.10 Å². The molecule has 0 bridgehead atoms. The Kier molecular flexibility index (Phi) is 5.12. The lowest BCUT2D eigenvalue weighted by molar-refractivity contribution is 0.209. The van der Waals surface area contributed by atoms with Crippen molar-refractivity contribution in [1.29, 1.82) is 0 Å². The fourth-order valence-electron chi connectivity index (χ4n) is 2.00. The molecule has 0 aliphatic carbocycles. The first-order valence-electron chi connectivity index (χ1n) is 5.92. The average Bonchev–Trinajstić information content (AvgIpc) is 2.48. The number of aliphatic hydroxyl groups excluding tert-OH is 1. The SMILES string of the molecule is COc1cccc(OC)c1C(O)c1ccc(I)c(Cl)c1. The van der Waals surface area contributed by atoms with Crippen molar-refractivity contribution < 1.29 is 14.6 Å². The monoisotopic (exact) mass is 404 g/mol. The Morgan fingerprint density at radius 1 is 1.10 bits per heavy atom. The van der Waals surface area contributed by atoms with Crippen LogP contribution in [0.15, 0.2) is 36.4 Å². The predicted octanol–water partition coefficient (Wildman–Crippen LogP) is 4.04. The molecule has 0 fully saturated rings. The van der Waals surface area contributed by atoms with Gasteiger partial charge in [0.1, 0.15) is 17.6 Å². The molecule has 1 atom stereocenters. The molecule has 2 aromatic carbocycles. The lowest BCUT2D eigenvalue weighted by Gasteiger charge is -2.18. The van der Waals surface area contributed by atoms with Crippen LogP contribution in [0.2, 0.25) is 5.02 Å². The summed E-state index contributed by atoms with van der Waals surface area (Å²) in [6, 6.07) is 10.8. The van der Waals surface area contributed by atoms with E-state index in [0.717, 1.165) is 3.57 Å². The third kappa shape index (κ3) is 3.02. The number of aliphatic hydroxyl groups is 1. The van der Waals surface area contributed by atoms with Crippen LogP contribution in [0.1, 0.15) is 17.2 Å². The second kappa shape index (κ2) is 6.65. The van der Waals surface area contributed by atoms with Crippen molar-refractivity contribution in [2.24, 2.45) is 0 Å². The van der Waals surface area contributed by atoms with Gasteiger partial charge in [-0.05, 0) is 52.4 Å². The fourth-order valence-corrected chi connectivity index (χ4v) is 2.52. The molecule has 3 nitrogen and oxygen atoms in total. The standard InChI is InChI=1S/C15H14ClIO3/c1-19-12-4-3-5-13(20-2)14(12)15(18)9-6-7-11(17)10(16)8-9/h3-8,15,18H,1-2H3. The second-order valence-electron chi connectivity index (χ2n) is 4.15. The lowest BCUT2D eigenvalue weighted by Crippen LogP contribution is -2.05. The maximum atomic E-state index is 10.6. The Labute approximate surface area is 136 Å². The largest absolute Gasteiger partial charge is 0.496 e. The molecule has 1 N–H and O–H groups in total. The Morgan fingerprint density at radius 3 is 2.20 bits per heavy atom. The first-order valence-corrected chi connectivity index (χ1v) is 7.38. The van der Waals surface area contributed by atoms with Gasteiger partial charge in [0, 0.05) is 3.57 Å². The van der Waals surface area contributed by atoms with E-state index >= 15 is 0 Å². The summed E-state index contributed by atoms with van der Waals surface area (Å²) in [6.07, 6.45) is -0.865. The van der Waals surface area contributed by atoms with Crippen LogP contribution in [0.5, 0.6) is 11.5 Å². The van der Waals surface area contributed by atoms with Crippen molar-refractivity contribution in [3.63, 3.8) is 0 Å². The van der Waals surface area contributed by atoms with E-state index in [-0.39, 0.29) is 0 Å². The molecule has 1 unspecified atom stereocenters. The summed E-state index contributed by atoms with van der Waals surface area (Å²) in [5.74, 6) is 1.15. The second-order valence-corrected chi connectivity index (χ2v) is 5.72. The zero-order chi connectivity index (χ0) is 14.7. The lowest BCUT2D eigenvalue weighted by atomic mass is 9.99. The van der Waals surface area contributed by atoms with E-state index in [1.165, 1.54) is 0 Å². The minimum Gasteiger partial charge on any atom is -0.496 e. The minimum atomic E-state index is -0.865. The summed E-state index contributed by atoms with van der Waals surface area (Å²) in [6.45, 7) is 0. The van der Waals surface area contributed by atoms with Crippen LogP contribution >= 0.6 is 34.2 Å². The van der Waals surface area contributed by atoms with Gasteiger partial charge in [-0.15, -0.1) is 0 Å². The molecule has 20 heavy (non-hydrogen) atoms. The normalized spacial score (nSPS) is 12.1. The summed E-state index contributed by atoms with van der Waals surface area (Å²) in [4.78, 5) is 0. The van der Waals surface area contributed by atoms with Crippen LogP contribution in [0.25, 0.3) is 0 Å². The van der Waals surface area contributed by atoms with Crippen LogP contribution in [0.3, 0.4) is 0 Å². The summed E-state index contributed by atoms with van der Waals surface area (Å²) >= 11 is 8.26. The van der Waals surface area contributed by atoms with Crippen LogP contribution < -0.4 is 9.47 Å². The fraction of sp³-hybridized carbons (Fsp3) is 0.200.